The summed E-state index contributed by atoms with van der Waals surface area (Å²) in [4.78, 5) is 44.2. The molecule has 0 unspecified atom stereocenters. The zero-order chi connectivity index (χ0) is 18.8. The fourth-order valence-electron chi connectivity index (χ4n) is 3.25. The molecule has 1 aromatic heterocycles. The smallest absolute Gasteiger partial charge is 0.280 e. The van der Waals surface area contributed by atoms with Crippen LogP contribution in [0.15, 0.2) is 42.6 Å². The van der Waals surface area contributed by atoms with Gasteiger partial charge in [-0.2, -0.15) is 0 Å². The second-order valence-corrected chi connectivity index (χ2v) is 6.26. The van der Waals surface area contributed by atoms with Gasteiger partial charge < -0.3 is 15.0 Å². The summed E-state index contributed by atoms with van der Waals surface area (Å²) in [6.07, 6.45) is 1.45. The number of pyridine rings is 1. The van der Waals surface area contributed by atoms with E-state index in [1.165, 1.54) is 12.3 Å². The molecule has 0 atom stereocenters. The van der Waals surface area contributed by atoms with Crippen molar-refractivity contribution in [2.45, 2.75) is 0 Å². The molecule has 1 aromatic carbocycles. The molecule has 2 aliphatic rings. The molecule has 0 radical (unpaired) electrons. The summed E-state index contributed by atoms with van der Waals surface area (Å²) < 4.78 is 5.37. The lowest BCUT2D eigenvalue weighted by Crippen LogP contribution is -2.39. The number of rotatable bonds is 4. The minimum absolute atomic E-state index is 0.0871. The summed E-state index contributed by atoms with van der Waals surface area (Å²) in [5.74, 6) is -1.49. The fourth-order valence-corrected chi connectivity index (χ4v) is 3.25. The third kappa shape index (κ3) is 3.26. The zero-order valence-electron chi connectivity index (χ0n) is 14.6. The molecule has 1 saturated heterocycles. The molecule has 4 rings (SSSR count). The van der Waals surface area contributed by atoms with Gasteiger partial charge in [0, 0.05) is 19.3 Å². The second kappa shape index (κ2) is 7.16. The molecule has 2 aromatic rings. The molecule has 8 nitrogen and oxygen atoms in total. The minimum atomic E-state index is -0.549. The maximum absolute atomic E-state index is 12.5. The van der Waals surface area contributed by atoms with E-state index in [9.17, 15) is 14.4 Å². The minimum Gasteiger partial charge on any atom is -0.378 e. The second-order valence-electron chi connectivity index (χ2n) is 6.26. The van der Waals surface area contributed by atoms with Gasteiger partial charge in [-0.1, -0.05) is 12.1 Å². The number of hydrogen-bond acceptors (Lipinski definition) is 6. The molecule has 3 heterocycles. The summed E-state index contributed by atoms with van der Waals surface area (Å²) in [5.41, 5.74) is 1.84. The number of morpholine rings is 1. The van der Waals surface area contributed by atoms with Crippen molar-refractivity contribution in [3.63, 3.8) is 0 Å². The quantitative estimate of drug-likeness (QED) is 0.817. The molecule has 8 heteroatoms. The van der Waals surface area contributed by atoms with Crippen molar-refractivity contribution in [3.8, 4) is 0 Å². The highest BCUT2D eigenvalue weighted by Crippen LogP contribution is 2.27. The third-order valence-electron chi connectivity index (χ3n) is 4.56. The van der Waals surface area contributed by atoms with Gasteiger partial charge in [-0.15, -0.1) is 0 Å². The van der Waals surface area contributed by atoms with Crippen LogP contribution >= 0.6 is 0 Å². The Kier molecular flexibility index (Phi) is 4.55. The van der Waals surface area contributed by atoms with Crippen LogP contribution in [0, 0.1) is 0 Å². The number of fused-ring (bicyclic) bond motifs is 1. The first kappa shape index (κ1) is 17.2. The SMILES string of the molecule is O=C(CN1C(=O)c2cccnc2C1=O)Nc1ccccc1N1CCOCC1. The van der Waals surface area contributed by atoms with Crippen LogP contribution in [0.25, 0.3) is 0 Å². The van der Waals surface area contributed by atoms with Crippen molar-refractivity contribution in [2.24, 2.45) is 0 Å². The van der Waals surface area contributed by atoms with Crippen molar-refractivity contribution in [3.05, 3.63) is 53.9 Å². The van der Waals surface area contributed by atoms with Crippen LogP contribution in [-0.4, -0.2) is 60.5 Å². The van der Waals surface area contributed by atoms with Gasteiger partial charge in [-0.25, -0.2) is 0 Å². The summed E-state index contributed by atoms with van der Waals surface area (Å²) in [6.45, 7) is 2.37. The monoisotopic (exact) mass is 366 g/mol. The van der Waals surface area contributed by atoms with Crippen molar-refractivity contribution < 1.29 is 19.1 Å². The number of benzene rings is 1. The molecule has 2 aliphatic heterocycles. The van der Waals surface area contributed by atoms with Crippen LogP contribution < -0.4 is 10.2 Å². The highest BCUT2D eigenvalue weighted by Gasteiger charge is 2.37. The van der Waals surface area contributed by atoms with Crippen molar-refractivity contribution in [1.82, 2.24) is 9.88 Å². The maximum atomic E-state index is 12.5. The Hall–Kier alpha value is -3.26. The molecule has 1 fully saturated rings. The summed E-state index contributed by atoms with van der Waals surface area (Å²) in [7, 11) is 0. The van der Waals surface area contributed by atoms with E-state index in [0.717, 1.165) is 23.7 Å². The number of carbonyl (C=O) groups excluding carboxylic acids is 3. The van der Waals surface area contributed by atoms with Gasteiger partial charge in [0.2, 0.25) is 5.91 Å². The number of anilines is 2. The first-order valence-corrected chi connectivity index (χ1v) is 8.68. The van der Waals surface area contributed by atoms with Crippen molar-refractivity contribution in [2.75, 3.05) is 43.1 Å². The Morgan fingerprint density at radius 1 is 1.07 bits per heavy atom. The molecule has 138 valence electrons. The molecule has 3 amide bonds. The van der Waals surface area contributed by atoms with Gasteiger partial charge in [-0.3, -0.25) is 24.3 Å². The number of aromatic nitrogens is 1. The predicted molar refractivity (Wildman–Crippen MR) is 97.7 cm³/mol. The molecular weight excluding hydrogens is 348 g/mol. The number of carbonyl (C=O) groups is 3. The predicted octanol–water partition coefficient (Wildman–Crippen LogP) is 1.15. The number of ether oxygens (including phenoxy) is 1. The number of para-hydroxylation sites is 2. The van der Waals surface area contributed by atoms with E-state index in [1.807, 2.05) is 18.2 Å². The number of imide groups is 1. The number of hydrogen-bond donors (Lipinski definition) is 1. The Balaban J connectivity index is 1.48. The lowest BCUT2D eigenvalue weighted by molar-refractivity contribution is -0.116. The third-order valence-corrected chi connectivity index (χ3v) is 4.56. The van der Waals surface area contributed by atoms with E-state index in [1.54, 1.807) is 12.1 Å². The average molecular weight is 366 g/mol. The van der Waals surface area contributed by atoms with E-state index >= 15 is 0 Å². The van der Waals surface area contributed by atoms with Gasteiger partial charge in [0.1, 0.15) is 12.2 Å². The number of nitrogens with zero attached hydrogens (tertiary/aromatic N) is 3. The first-order chi connectivity index (χ1) is 13.1. The molecule has 0 saturated carbocycles. The Morgan fingerprint density at radius 2 is 1.85 bits per heavy atom. The van der Waals surface area contributed by atoms with Crippen LogP contribution in [0.3, 0.4) is 0 Å². The van der Waals surface area contributed by atoms with Crippen molar-refractivity contribution >= 4 is 29.1 Å². The average Bonchev–Trinajstić information content (AvgIpc) is 2.94. The fraction of sp³-hybridized carbons (Fsp3) is 0.263. The van der Waals surface area contributed by atoms with Gasteiger partial charge in [-0.05, 0) is 24.3 Å². The van der Waals surface area contributed by atoms with E-state index in [2.05, 4.69) is 15.2 Å². The lowest BCUT2D eigenvalue weighted by atomic mass is 10.2. The lowest BCUT2D eigenvalue weighted by Gasteiger charge is -2.30. The highest BCUT2D eigenvalue weighted by atomic mass is 16.5. The first-order valence-electron chi connectivity index (χ1n) is 8.68. The Bertz CT molecular complexity index is 873. The molecular formula is C19H18N4O4. The molecule has 0 bridgehead atoms. The number of amides is 3. The largest absolute Gasteiger partial charge is 0.378 e. The zero-order valence-corrected chi connectivity index (χ0v) is 14.6. The molecule has 27 heavy (non-hydrogen) atoms. The summed E-state index contributed by atoms with van der Waals surface area (Å²) in [5, 5.41) is 2.81. The van der Waals surface area contributed by atoms with E-state index in [0.29, 0.717) is 18.9 Å². The van der Waals surface area contributed by atoms with Gasteiger partial charge >= 0.3 is 0 Å². The highest BCUT2D eigenvalue weighted by molar-refractivity contribution is 6.21. The Morgan fingerprint density at radius 3 is 2.63 bits per heavy atom. The van der Waals surface area contributed by atoms with Crippen LogP contribution in [0.5, 0.6) is 0 Å². The standard InChI is InChI=1S/C19H18N4O4/c24-16(12-23-18(25)13-4-3-7-20-17(13)19(23)26)21-14-5-1-2-6-15(14)22-8-10-27-11-9-22/h1-7H,8-12H2,(H,21,24). The molecule has 0 aliphatic carbocycles. The number of nitrogens with one attached hydrogen (secondary N) is 1. The van der Waals surface area contributed by atoms with Crippen LogP contribution in [0.4, 0.5) is 11.4 Å². The summed E-state index contributed by atoms with van der Waals surface area (Å²) in [6, 6.07) is 10.6. The van der Waals surface area contributed by atoms with E-state index in [-0.39, 0.29) is 17.8 Å². The van der Waals surface area contributed by atoms with E-state index < -0.39 is 17.7 Å². The van der Waals surface area contributed by atoms with Crippen LogP contribution in [0.1, 0.15) is 20.8 Å². The van der Waals surface area contributed by atoms with Gasteiger partial charge in [0.15, 0.2) is 0 Å². The van der Waals surface area contributed by atoms with Crippen LogP contribution in [-0.2, 0) is 9.53 Å². The van der Waals surface area contributed by atoms with E-state index in [4.69, 9.17) is 4.74 Å². The molecule has 0 spiro atoms. The maximum Gasteiger partial charge on any atom is 0.280 e. The molecule has 1 N–H and O–H groups in total. The summed E-state index contributed by atoms with van der Waals surface area (Å²) >= 11 is 0. The Labute approximate surface area is 155 Å². The van der Waals surface area contributed by atoms with Gasteiger partial charge in [0.05, 0.1) is 30.2 Å². The topological polar surface area (TPSA) is 91.8 Å². The van der Waals surface area contributed by atoms with Gasteiger partial charge in [0.25, 0.3) is 11.8 Å². The van der Waals surface area contributed by atoms with Crippen LogP contribution in [0.2, 0.25) is 0 Å². The normalized spacial score (nSPS) is 16.4. The van der Waals surface area contributed by atoms with Crippen molar-refractivity contribution in [1.29, 1.82) is 0 Å².